The molecule has 0 aliphatic heterocycles. The molecular formula is C32H30ClN5O5S. The van der Waals surface area contributed by atoms with E-state index in [1.807, 2.05) is 33.8 Å². The molecule has 0 radical (unpaired) electrons. The number of nitrogens with zero attached hydrogens (tertiary/aromatic N) is 5. The Hall–Kier alpha value is -4.37. The summed E-state index contributed by atoms with van der Waals surface area (Å²) < 4.78 is 14.1. The van der Waals surface area contributed by atoms with Crippen molar-refractivity contribution in [2.24, 2.45) is 0 Å². The minimum Gasteiger partial charge on any atom is -0.491 e. The number of hydrogen-bond donors (Lipinski definition) is 1. The molecule has 5 aromatic rings. The summed E-state index contributed by atoms with van der Waals surface area (Å²) in [7, 11) is 0. The average molecular weight is 632 g/mol. The molecule has 0 aliphatic carbocycles. The molecule has 0 bridgehead atoms. The van der Waals surface area contributed by atoms with E-state index in [0.29, 0.717) is 50.1 Å². The molecule has 1 aromatic carbocycles. The number of halogens is 1. The summed E-state index contributed by atoms with van der Waals surface area (Å²) in [6.07, 6.45) is 1.60. The third kappa shape index (κ3) is 6.15. The fourth-order valence-electron chi connectivity index (χ4n) is 4.94. The van der Waals surface area contributed by atoms with E-state index < -0.39 is 11.6 Å². The van der Waals surface area contributed by atoms with Gasteiger partial charge in [0.15, 0.2) is 0 Å². The highest BCUT2D eigenvalue weighted by Gasteiger charge is 2.24. The van der Waals surface area contributed by atoms with Crippen LogP contribution in [0.25, 0.3) is 32.2 Å². The molecule has 0 saturated heterocycles. The first-order chi connectivity index (χ1) is 20.9. The van der Waals surface area contributed by atoms with Crippen LogP contribution in [0.15, 0.2) is 40.6 Å². The van der Waals surface area contributed by atoms with Crippen LogP contribution in [0.4, 0.5) is 0 Å². The lowest BCUT2D eigenvalue weighted by molar-refractivity contribution is 0.00721. The Morgan fingerprint density at radius 2 is 1.95 bits per heavy atom. The van der Waals surface area contributed by atoms with E-state index in [-0.39, 0.29) is 42.7 Å². The van der Waals surface area contributed by atoms with Gasteiger partial charge in [0.05, 0.1) is 50.7 Å². The number of nitriles is 1. The van der Waals surface area contributed by atoms with Gasteiger partial charge in [-0.05, 0) is 58.9 Å². The number of aliphatic hydroxyl groups excluding tert-OH is 1. The first-order valence-electron chi connectivity index (χ1n) is 13.9. The van der Waals surface area contributed by atoms with E-state index in [2.05, 4.69) is 21.0 Å². The summed E-state index contributed by atoms with van der Waals surface area (Å²) in [6.45, 7) is 9.08. The summed E-state index contributed by atoms with van der Waals surface area (Å²) in [6, 6.07) is 9.25. The lowest BCUT2D eigenvalue weighted by Gasteiger charge is -2.19. The lowest BCUT2D eigenvalue weighted by Crippen LogP contribution is -2.27. The first kappa shape index (κ1) is 31.1. The normalized spacial score (nSPS) is 11.6. The number of pyridine rings is 2. The van der Waals surface area contributed by atoms with Gasteiger partial charge in [-0.2, -0.15) is 5.26 Å². The number of benzene rings is 1. The van der Waals surface area contributed by atoms with Crippen molar-refractivity contribution in [3.05, 3.63) is 79.6 Å². The van der Waals surface area contributed by atoms with Crippen LogP contribution in [-0.4, -0.2) is 49.4 Å². The second kappa shape index (κ2) is 12.3. The molecular weight excluding hydrogens is 602 g/mol. The van der Waals surface area contributed by atoms with Crippen LogP contribution in [0.2, 0.25) is 5.02 Å². The Bertz CT molecular complexity index is 2020. The molecule has 0 saturated carbocycles. The fraction of sp³-hybridized carbons (Fsp3) is 0.312. The Labute approximate surface area is 262 Å². The van der Waals surface area contributed by atoms with Crippen molar-refractivity contribution in [3.63, 3.8) is 0 Å². The van der Waals surface area contributed by atoms with Gasteiger partial charge in [-0.1, -0.05) is 11.6 Å². The second-order valence-electron chi connectivity index (χ2n) is 11.2. The van der Waals surface area contributed by atoms with Gasteiger partial charge in [0.1, 0.15) is 29.9 Å². The summed E-state index contributed by atoms with van der Waals surface area (Å²) >= 11 is 7.82. The zero-order valence-electron chi connectivity index (χ0n) is 24.9. The van der Waals surface area contributed by atoms with Crippen molar-refractivity contribution in [1.29, 1.82) is 5.26 Å². The number of aryl methyl sites for hydroxylation is 2. The van der Waals surface area contributed by atoms with Crippen LogP contribution < -0.4 is 10.3 Å². The van der Waals surface area contributed by atoms with Gasteiger partial charge in [0.2, 0.25) is 0 Å². The van der Waals surface area contributed by atoms with E-state index >= 15 is 0 Å². The first-order valence-corrected chi connectivity index (χ1v) is 15.1. The van der Waals surface area contributed by atoms with Gasteiger partial charge >= 0.3 is 5.97 Å². The van der Waals surface area contributed by atoms with Gasteiger partial charge in [-0.3, -0.25) is 19.3 Å². The molecule has 0 spiro atoms. The van der Waals surface area contributed by atoms with Crippen LogP contribution in [0.1, 0.15) is 53.9 Å². The molecule has 4 aromatic heterocycles. The number of aromatic nitrogens is 4. The highest BCUT2D eigenvalue weighted by Crippen LogP contribution is 2.40. The average Bonchev–Trinajstić information content (AvgIpc) is 3.38. The number of rotatable bonds is 8. The molecule has 0 amide bonds. The number of esters is 1. The van der Waals surface area contributed by atoms with E-state index in [1.54, 1.807) is 30.5 Å². The van der Waals surface area contributed by atoms with Crippen LogP contribution in [-0.2, 0) is 17.7 Å². The molecule has 0 unspecified atom stereocenters. The number of hydrogen-bond acceptors (Lipinski definition) is 10. The van der Waals surface area contributed by atoms with Crippen molar-refractivity contribution in [2.75, 3.05) is 13.2 Å². The number of fused-ring (bicyclic) bond motifs is 2. The lowest BCUT2D eigenvalue weighted by atomic mass is 10.0. The molecule has 44 heavy (non-hydrogen) atoms. The second-order valence-corrected chi connectivity index (χ2v) is 12.5. The van der Waals surface area contributed by atoms with E-state index in [9.17, 15) is 20.0 Å². The number of ether oxygens (including phenoxy) is 2. The van der Waals surface area contributed by atoms with Crippen LogP contribution in [0, 0.1) is 25.2 Å². The molecule has 1 N–H and O–H groups in total. The zero-order chi connectivity index (χ0) is 31.8. The van der Waals surface area contributed by atoms with Gasteiger partial charge in [0.25, 0.3) is 5.56 Å². The van der Waals surface area contributed by atoms with Gasteiger partial charge in [0, 0.05) is 40.3 Å². The van der Waals surface area contributed by atoms with Crippen molar-refractivity contribution in [3.8, 4) is 22.9 Å². The van der Waals surface area contributed by atoms with E-state index in [0.717, 1.165) is 10.3 Å². The molecule has 0 atom stereocenters. The summed E-state index contributed by atoms with van der Waals surface area (Å²) in [5.74, 6) is 0.529. The monoisotopic (exact) mass is 631 g/mol. The maximum atomic E-state index is 13.6. The summed E-state index contributed by atoms with van der Waals surface area (Å²) in [5.41, 5.74) is 2.89. The molecule has 0 fully saturated rings. The Morgan fingerprint density at radius 1 is 1.18 bits per heavy atom. The fourth-order valence-corrected chi connectivity index (χ4v) is 6.12. The number of thiophene rings is 1. The molecule has 10 nitrogen and oxygen atoms in total. The number of carbonyl (C=O) groups excluding carboxylic acids is 1. The largest absolute Gasteiger partial charge is 0.491 e. The van der Waals surface area contributed by atoms with Gasteiger partial charge < -0.3 is 14.6 Å². The minimum absolute atomic E-state index is 0.111. The third-order valence-electron chi connectivity index (χ3n) is 6.80. The Kier molecular flexibility index (Phi) is 8.70. The number of aliphatic hydroxyl groups is 1. The SMILES string of the molecule is Cc1cc(-c2cc(Cl)ccc2OCCn2c(C)nc3cnc(CCO)c(C#N)c3c2=O)c2scc(C(=O)OC(C)(C)C)c2n1. The van der Waals surface area contributed by atoms with Crippen molar-refractivity contribution >= 4 is 50.0 Å². The summed E-state index contributed by atoms with van der Waals surface area (Å²) in [5, 5.41) is 21.6. The van der Waals surface area contributed by atoms with Crippen LogP contribution in [0.5, 0.6) is 5.75 Å². The van der Waals surface area contributed by atoms with E-state index in [4.69, 9.17) is 21.1 Å². The predicted molar refractivity (Wildman–Crippen MR) is 170 cm³/mol. The summed E-state index contributed by atoms with van der Waals surface area (Å²) in [4.78, 5) is 39.9. The maximum absolute atomic E-state index is 13.6. The molecule has 4 heterocycles. The molecule has 0 aliphatic rings. The topological polar surface area (TPSA) is 140 Å². The van der Waals surface area contributed by atoms with Crippen LogP contribution in [0.3, 0.4) is 0 Å². The van der Waals surface area contributed by atoms with Crippen molar-refractivity contribution in [2.45, 2.75) is 53.2 Å². The quantitative estimate of drug-likeness (QED) is 0.211. The predicted octanol–water partition coefficient (Wildman–Crippen LogP) is 5.78. The molecule has 5 rings (SSSR count). The Morgan fingerprint density at radius 3 is 2.66 bits per heavy atom. The standard InChI is InChI=1S/C32H30ClN5O5S/c1-17-12-21(29-28(36-17)23(16-44-29)31(41)43-32(3,4)5)20-13-19(33)6-7-26(20)42-11-9-38-18(2)37-25-15-35-24(8-10-39)22(14-34)27(25)30(38)40/h6-7,12-13,15-16,39H,8-11H2,1-5H3. The van der Waals surface area contributed by atoms with Crippen LogP contribution >= 0.6 is 22.9 Å². The van der Waals surface area contributed by atoms with Crippen molar-refractivity contribution < 1.29 is 19.4 Å². The highest BCUT2D eigenvalue weighted by molar-refractivity contribution is 7.18. The van der Waals surface area contributed by atoms with E-state index in [1.165, 1.54) is 22.1 Å². The highest BCUT2D eigenvalue weighted by atomic mass is 35.5. The third-order valence-corrected chi connectivity index (χ3v) is 8.04. The zero-order valence-corrected chi connectivity index (χ0v) is 26.5. The van der Waals surface area contributed by atoms with Gasteiger partial charge in [-0.25, -0.2) is 9.78 Å². The maximum Gasteiger partial charge on any atom is 0.341 e. The minimum atomic E-state index is -0.651. The van der Waals surface area contributed by atoms with Crippen molar-refractivity contribution in [1.82, 2.24) is 19.5 Å². The Balaban J connectivity index is 1.50. The smallest absolute Gasteiger partial charge is 0.341 e. The van der Waals surface area contributed by atoms with Gasteiger partial charge in [-0.15, -0.1) is 11.3 Å². The number of carbonyl (C=O) groups is 1. The molecule has 226 valence electrons. The molecule has 12 heteroatoms.